The van der Waals surface area contributed by atoms with Gasteiger partial charge in [0, 0.05) is 37.5 Å². The Bertz CT molecular complexity index is 865. The number of anilines is 2. The smallest absolute Gasteiger partial charge is 0.238 e. The highest BCUT2D eigenvalue weighted by Crippen LogP contribution is 2.37. The van der Waals surface area contributed by atoms with E-state index in [1.165, 1.54) is 11.8 Å². The van der Waals surface area contributed by atoms with E-state index in [0.29, 0.717) is 26.2 Å². The highest BCUT2D eigenvalue weighted by molar-refractivity contribution is 8.01. The molecule has 2 heterocycles. The van der Waals surface area contributed by atoms with Gasteiger partial charge in [0.2, 0.25) is 11.8 Å². The molecule has 2 aromatic carbocycles. The Morgan fingerprint density at radius 1 is 1.07 bits per heavy atom. The monoisotopic (exact) mass is 383 g/mol. The van der Waals surface area contributed by atoms with Crippen LogP contribution in [0.2, 0.25) is 0 Å². The van der Waals surface area contributed by atoms with Gasteiger partial charge in [-0.25, -0.2) is 0 Å². The molecule has 0 spiro atoms. The number of rotatable bonds is 3. The van der Waals surface area contributed by atoms with Gasteiger partial charge in [-0.1, -0.05) is 24.3 Å². The maximum Gasteiger partial charge on any atom is 0.238 e. The zero-order valence-corrected chi connectivity index (χ0v) is 15.6. The molecule has 7 heteroatoms. The lowest BCUT2D eigenvalue weighted by Gasteiger charge is -2.37. The molecular formula is C20H21N3O3S. The summed E-state index contributed by atoms with van der Waals surface area (Å²) in [4.78, 5) is 29.9. The van der Waals surface area contributed by atoms with Crippen LogP contribution in [-0.2, 0) is 9.59 Å². The maximum absolute atomic E-state index is 12.7. The first-order valence-corrected chi connectivity index (χ1v) is 9.87. The number of hydrogen-bond acceptors (Lipinski definition) is 5. The van der Waals surface area contributed by atoms with Crippen molar-refractivity contribution in [3.05, 3.63) is 48.5 Å². The fourth-order valence-electron chi connectivity index (χ4n) is 3.44. The van der Waals surface area contributed by atoms with E-state index in [-0.39, 0.29) is 24.0 Å². The molecule has 27 heavy (non-hydrogen) atoms. The second-order valence-electron chi connectivity index (χ2n) is 6.65. The van der Waals surface area contributed by atoms with Gasteiger partial charge in [-0.3, -0.25) is 9.59 Å². The minimum Gasteiger partial charge on any atom is -0.506 e. The molecule has 1 saturated heterocycles. The van der Waals surface area contributed by atoms with Crippen molar-refractivity contribution < 1.29 is 14.7 Å². The number of phenolic OH excluding ortho intramolecular Hbond substituents is 1. The normalized spacial score (nSPS) is 19.4. The molecule has 2 aliphatic rings. The number of thioether (sulfide) groups is 1. The first kappa shape index (κ1) is 17.7. The Balaban J connectivity index is 1.35. The standard InChI is InChI=1S/C20H21N3O3S/c24-16-7-3-2-6-15(16)22-9-11-23(12-10-22)19(25)13-18-20(26)21-14-5-1-4-8-17(14)27-18/h1-8,18,24H,9-13H2,(H,21,26)/t18-/m0/s1. The summed E-state index contributed by atoms with van der Waals surface area (Å²) in [5, 5.41) is 12.5. The van der Waals surface area contributed by atoms with Crippen LogP contribution in [0.3, 0.4) is 0 Å². The predicted octanol–water partition coefficient (Wildman–Crippen LogP) is 2.54. The summed E-state index contributed by atoms with van der Waals surface area (Å²) >= 11 is 1.45. The van der Waals surface area contributed by atoms with Crippen LogP contribution in [0.25, 0.3) is 0 Å². The minimum absolute atomic E-state index is 0.000959. The molecule has 4 rings (SSSR count). The highest BCUT2D eigenvalue weighted by Gasteiger charge is 2.31. The molecule has 0 radical (unpaired) electrons. The summed E-state index contributed by atoms with van der Waals surface area (Å²) in [5.74, 6) is 0.144. The van der Waals surface area contributed by atoms with Gasteiger partial charge in [-0.2, -0.15) is 0 Å². The van der Waals surface area contributed by atoms with Gasteiger partial charge in [-0.15, -0.1) is 11.8 Å². The van der Waals surface area contributed by atoms with Crippen molar-refractivity contribution in [3.63, 3.8) is 0 Å². The van der Waals surface area contributed by atoms with Gasteiger partial charge < -0.3 is 20.2 Å². The van der Waals surface area contributed by atoms with Gasteiger partial charge >= 0.3 is 0 Å². The Morgan fingerprint density at radius 3 is 2.56 bits per heavy atom. The van der Waals surface area contributed by atoms with Gasteiger partial charge in [0.1, 0.15) is 5.75 Å². The topological polar surface area (TPSA) is 72.9 Å². The number of benzene rings is 2. The Kier molecular flexibility index (Phi) is 4.94. The summed E-state index contributed by atoms with van der Waals surface area (Å²) in [6.45, 7) is 2.50. The van der Waals surface area contributed by atoms with Crippen LogP contribution in [0.5, 0.6) is 5.75 Å². The second kappa shape index (κ2) is 7.52. The molecule has 2 amide bonds. The van der Waals surface area contributed by atoms with Gasteiger partial charge in [0.25, 0.3) is 0 Å². The molecule has 2 N–H and O–H groups in total. The zero-order valence-electron chi connectivity index (χ0n) is 14.8. The van der Waals surface area contributed by atoms with E-state index in [2.05, 4.69) is 10.2 Å². The molecule has 0 bridgehead atoms. The van der Waals surface area contributed by atoms with E-state index < -0.39 is 5.25 Å². The van der Waals surface area contributed by atoms with Crippen LogP contribution in [0.1, 0.15) is 6.42 Å². The largest absolute Gasteiger partial charge is 0.506 e. The number of amides is 2. The van der Waals surface area contributed by atoms with Crippen LogP contribution < -0.4 is 10.2 Å². The van der Waals surface area contributed by atoms with Crippen molar-refractivity contribution in [2.45, 2.75) is 16.6 Å². The van der Waals surface area contributed by atoms with Crippen LogP contribution in [-0.4, -0.2) is 53.2 Å². The third-order valence-electron chi connectivity index (χ3n) is 4.92. The number of hydrogen-bond donors (Lipinski definition) is 2. The van der Waals surface area contributed by atoms with Crippen molar-refractivity contribution >= 4 is 35.0 Å². The number of carbonyl (C=O) groups is 2. The van der Waals surface area contributed by atoms with Gasteiger partial charge in [0.15, 0.2) is 0 Å². The highest BCUT2D eigenvalue weighted by atomic mass is 32.2. The first-order chi connectivity index (χ1) is 13.1. The number of piperazine rings is 1. The van der Waals surface area contributed by atoms with Crippen LogP contribution in [0.15, 0.2) is 53.4 Å². The number of phenols is 1. The maximum atomic E-state index is 12.7. The van der Waals surface area contributed by atoms with Crippen molar-refractivity contribution in [3.8, 4) is 5.75 Å². The lowest BCUT2D eigenvalue weighted by atomic mass is 10.2. The summed E-state index contributed by atoms with van der Waals surface area (Å²) in [6, 6.07) is 14.9. The third kappa shape index (κ3) is 3.73. The van der Waals surface area contributed by atoms with Gasteiger partial charge in [0.05, 0.1) is 16.6 Å². The Labute approximate surface area is 162 Å². The summed E-state index contributed by atoms with van der Waals surface area (Å²) in [6.07, 6.45) is 0.196. The summed E-state index contributed by atoms with van der Waals surface area (Å²) in [5.41, 5.74) is 1.61. The average molecular weight is 383 g/mol. The molecule has 1 fully saturated rings. The molecule has 0 aromatic heterocycles. The first-order valence-electron chi connectivity index (χ1n) is 8.99. The fraction of sp³-hybridized carbons (Fsp3) is 0.300. The number of aromatic hydroxyl groups is 1. The zero-order chi connectivity index (χ0) is 18.8. The van der Waals surface area contributed by atoms with E-state index in [1.807, 2.05) is 41.3 Å². The molecule has 2 aliphatic heterocycles. The molecule has 2 aromatic rings. The lowest BCUT2D eigenvalue weighted by Crippen LogP contribution is -2.49. The average Bonchev–Trinajstić information content (AvgIpc) is 2.69. The number of nitrogens with zero attached hydrogens (tertiary/aromatic N) is 2. The van der Waals surface area contributed by atoms with Gasteiger partial charge in [-0.05, 0) is 24.3 Å². The Hall–Kier alpha value is -2.67. The Morgan fingerprint density at radius 2 is 1.78 bits per heavy atom. The predicted molar refractivity (Wildman–Crippen MR) is 106 cm³/mol. The molecule has 0 saturated carbocycles. The van der Waals surface area contributed by atoms with Crippen molar-refractivity contribution in [1.82, 2.24) is 4.90 Å². The number of fused-ring (bicyclic) bond motifs is 1. The number of para-hydroxylation sites is 3. The van der Waals surface area contributed by atoms with Crippen LogP contribution in [0.4, 0.5) is 11.4 Å². The molecule has 0 unspecified atom stereocenters. The lowest BCUT2D eigenvalue weighted by molar-refractivity contribution is -0.132. The summed E-state index contributed by atoms with van der Waals surface area (Å²) < 4.78 is 0. The molecule has 0 aliphatic carbocycles. The molecule has 1 atom stereocenters. The molecular weight excluding hydrogens is 362 g/mol. The van der Waals surface area contributed by atoms with Crippen LogP contribution in [0, 0.1) is 0 Å². The van der Waals surface area contributed by atoms with Crippen molar-refractivity contribution in [2.75, 3.05) is 36.4 Å². The van der Waals surface area contributed by atoms with Crippen molar-refractivity contribution in [1.29, 1.82) is 0 Å². The fourth-order valence-corrected chi connectivity index (χ4v) is 4.54. The third-order valence-corrected chi connectivity index (χ3v) is 6.20. The van der Waals surface area contributed by atoms with E-state index in [0.717, 1.165) is 16.3 Å². The van der Waals surface area contributed by atoms with Crippen molar-refractivity contribution in [2.24, 2.45) is 0 Å². The number of carbonyl (C=O) groups excluding carboxylic acids is 2. The quantitative estimate of drug-likeness (QED) is 0.852. The van der Waals surface area contributed by atoms with E-state index in [9.17, 15) is 14.7 Å². The minimum atomic E-state index is -0.399. The SMILES string of the molecule is O=C1Nc2ccccc2S[C@H]1CC(=O)N1CCN(c2ccccc2O)CC1. The van der Waals surface area contributed by atoms with E-state index in [1.54, 1.807) is 12.1 Å². The summed E-state index contributed by atoms with van der Waals surface area (Å²) in [7, 11) is 0. The molecule has 6 nitrogen and oxygen atoms in total. The van der Waals surface area contributed by atoms with E-state index in [4.69, 9.17) is 0 Å². The second-order valence-corrected chi connectivity index (χ2v) is 7.90. The number of nitrogens with one attached hydrogen (secondary N) is 1. The van der Waals surface area contributed by atoms with E-state index >= 15 is 0 Å². The van der Waals surface area contributed by atoms with Crippen LogP contribution >= 0.6 is 11.8 Å². The molecule has 140 valence electrons.